The van der Waals surface area contributed by atoms with E-state index in [2.05, 4.69) is 15.6 Å². The summed E-state index contributed by atoms with van der Waals surface area (Å²) in [6, 6.07) is 11.2. The Labute approximate surface area is 277 Å². The van der Waals surface area contributed by atoms with E-state index in [1.807, 2.05) is 38.1 Å². The first-order valence-corrected chi connectivity index (χ1v) is 16.6. The van der Waals surface area contributed by atoms with E-state index in [0.717, 1.165) is 27.6 Å². The number of hydrogen-bond donors (Lipinski definition) is 2. The van der Waals surface area contributed by atoms with Gasteiger partial charge in [-0.2, -0.15) is 17.5 Å². The molecule has 2 N–H and O–H groups in total. The highest BCUT2D eigenvalue weighted by Crippen LogP contribution is 2.31. The second kappa shape index (κ2) is 14.3. The molecule has 0 aliphatic carbocycles. The van der Waals surface area contributed by atoms with E-state index in [9.17, 15) is 36.0 Å². The van der Waals surface area contributed by atoms with Crippen LogP contribution < -0.4 is 10.6 Å². The summed E-state index contributed by atoms with van der Waals surface area (Å²) in [6.45, 7) is 8.42. The molecular weight excluding hydrogens is 651 g/mol. The molecule has 1 aliphatic heterocycles. The average Bonchev–Trinajstić information content (AvgIpc) is 3.02. The Morgan fingerprint density at radius 2 is 1.62 bits per heavy atom. The lowest BCUT2D eigenvalue weighted by Crippen LogP contribution is -2.61. The van der Waals surface area contributed by atoms with Crippen LogP contribution in [0.2, 0.25) is 0 Å². The van der Waals surface area contributed by atoms with Crippen LogP contribution >= 0.6 is 0 Å². The van der Waals surface area contributed by atoms with E-state index in [0.29, 0.717) is 18.1 Å². The van der Waals surface area contributed by atoms with Gasteiger partial charge >= 0.3 is 18.2 Å². The average molecular weight is 690 g/mol. The molecule has 4 rings (SSSR count). The number of piperazine rings is 1. The number of carbonyl (C=O) groups is 3. The normalized spacial score (nSPS) is 16.0. The van der Waals surface area contributed by atoms with Gasteiger partial charge in [-0.05, 0) is 74.2 Å². The zero-order valence-electron chi connectivity index (χ0n) is 27.2. The molecule has 1 fully saturated rings. The number of rotatable bonds is 8. The van der Waals surface area contributed by atoms with Crippen LogP contribution in [0.3, 0.4) is 0 Å². The zero-order chi connectivity index (χ0) is 35.4. The molecule has 1 atom stereocenters. The molecule has 0 saturated carbocycles. The van der Waals surface area contributed by atoms with Gasteiger partial charge in [0.25, 0.3) is 0 Å². The summed E-state index contributed by atoms with van der Waals surface area (Å²) in [4.78, 5) is 44.2. The van der Waals surface area contributed by atoms with Crippen molar-refractivity contribution in [3.8, 4) is 0 Å². The molecule has 1 saturated heterocycles. The van der Waals surface area contributed by atoms with E-state index >= 15 is 0 Å². The number of urea groups is 1. The minimum atomic E-state index is -4.67. The van der Waals surface area contributed by atoms with Crippen molar-refractivity contribution in [3.63, 3.8) is 0 Å². The van der Waals surface area contributed by atoms with E-state index in [4.69, 9.17) is 4.74 Å². The molecule has 15 heteroatoms. The maximum Gasteiger partial charge on any atom is 0.416 e. The third-order valence-electron chi connectivity index (χ3n) is 7.44. The van der Waals surface area contributed by atoms with Gasteiger partial charge < -0.3 is 20.3 Å². The third-order valence-corrected chi connectivity index (χ3v) is 9.36. The van der Waals surface area contributed by atoms with Crippen molar-refractivity contribution in [2.75, 3.05) is 25.0 Å². The number of nitrogens with one attached hydrogen (secondary N) is 2. The van der Waals surface area contributed by atoms with Crippen molar-refractivity contribution >= 4 is 33.6 Å². The van der Waals surface area contributed by atoms with Crippen molar-refractivity contribution in [2.24, 2.45) is 0 Å². The fraction of sp³-hybridized carbons (Fsp3) is 0.394. The van der Waals surface area contributed by atoms with Crippen LogP contribution in [-0.4, -0.2) is 71.8 Å². The van der Waals surface area contributed by atoms with Crippen LogP contribution in [0.25, 0.3) is 0 Å². The van der Waals surface area contributed by atoms with Crippen LogP contribution in [0.1, 0.15) is 67.7 Å². The van der Waals surface area contributed by atoms with Crippen LogP contribution in [-0.2, 0) is 32.3 Å². The van der Waals surface area contributed by atoms with E-state index in [1.165, 1.54) is 23.2 Å². The number of nitrogens with zero attached hydrogens (tertiary/aromatic N) is 3. The number of esters is 1. The first-order valence-electron chi connectivity index (χ1n) is 15.2. The number of pyridine rings is 1. The molecule has 11 nitrogen and oxygen atoms in total. The number of benzene rings is 2. The van der Waals surface area contributed by atoms with Crippen LogP contribution in [0.5, 0.6) is 0 Å². The standard InChI is InChI=1S/C33H38F3N5O6S/c1-21(2)23-8-6-22(7-9-23)19-38-29(42)28-20-40(31(44)39-25-14-15-37-27(18-25)30(43)47-32(3,4)5)16-17-41(28)48(45,46)26-12-10-24(11-13-26)33(34,35)36/h6-15,18,21,28H,16-17,19-20H2,1-5H3,(H,38,42)(H,37,39,44). The predicted molar refractivity (Wildman–Crippen MR) is 171 cm³/mol. The number of hydrogen-bond acceptors (Lipinski definition) is 7. The van der Waals surface area contributed by atoms with E-state index in [1.54, 1.807) is 20.8 Å². The van der Waals surface area contributed by atoms with Gasteiger partial charge in [0.2, 0.25) is 15.9 Å². The largest absolute Gasteiger partial charge is 0.455 e. The van der Waals surface area contributed by atoms with Crippen molar-refractivity contribution in [2.45, 2.75) is 69.8 Å². The van der Waals surface area contributed by atoms with Crippen molar-refractivity contribution in [1.82, 2.24) is 19.5 Å². The van der Waals surface area contributed by atoms with Gasteiger partial charge in [-0.3, -0.25) is 4.79 Å². The van der Waals surface area contributed by atoms with Crippen LogP contribution in [0.15, 0.2) is 71.8 Å². The summed E-state index contributed by atoms with van der Waals surface area (Å²) < 4.78 is 73.1. The lowest BCUT2D eigenvalue weighted by Gasteiger charge is -2.39. The molecule has 0 bridgehead atoms. The SMILES string of the molecule is CC(C)c1ccc(CNC(=O)C2CN(C(=O)Nc3ccnc(C(=O)OC(C)(C)C)c3)CCN2S(=O)(=O)c2ccc(C(F)(F)F)cc2)cc1. The molecular formula is C33H38F3N5O6S. The molecule has 1 unspecified atom stereocenters. The first kappa shape index (κ1) is 36.3. The van der Waals surface area contributed by atoms with Crippen molar-refractivity contribution in [1.29, 1.82) is 0 Å². The quantitative estimate of drug-likeness (QED) is 0.302. The monoisotopic (exact) mass is 689 g/mol. The smallest absolute Gasteiger partial charge is 0.416 e. The van der Waals surface area contributed by atoms with Crippen molar-refractivity contribution < 1.29 is 40.7 Å². The summed E-state index contributed by atoms with van der Waals surface area (Å²) in [5, 5.41) is 5.38. The van der Waals surface area contributed by atoms with Gasteiger partial charge in [-0.1, -0.05) is 38.1 Å². The van der Waals surface area contributed by atoms with Gasteiger partial charge in [-0.25, -0.2) is 23.0 Å². The molecule has 1 aromatic heterocycles. The van der Waals surface area contributed by atoms with E-state index in [-0.39, 0.29) is 37.6 Å². The highest BCUT2D eigenvalue weighted by molar-refractivity contribution is 7.89. The van der Waals surface area contributed by atoms with Gasteiger partial charge in [0.05, 0.1) is 10.5 Å². The maximum atomic E-state index is 13.7. The maximum absolute atomic E-state index is 13.7. The molecule has 3 amide bonds. The summed E-state index contributed by atoms with van der Waals surface area (Å²) in [7, 11) is -4.47. The Hall–Kier alpha value is -4.50. The molecule has 1 aliphatic rings. The fourth-order valence-corrected chi connectivity index (χ4v) is 6.45. The van der Waals surface area contributed by atoms with Crippen LogP contribution in [0, 0.1) is 0 Å². The topological polar surface area (TPSA) is 138 Å². The number of ether oxygens (including phenoxy) is 1. The first-order chi connectivity index (χ1) is 22.3. The number of anilines is 1. The summed E-state index contributed by atoms with van der Waals surface area (Å²) in [5.41, 5.74) is 0.224. The number of amides is 3. The summed E-state index contributed by atoms with van der Waals surface area (Å²) in [6.07, 6.45) is -3.35. The molecule has 0 spiro atoms. The molecule has 3 aromatic rings. The number of halogens is 3. The van der Waals surface area contributed by atoms with Crippen LogP contribution in [0.4, 0.5) is 23.7 Å². The number of sulfonamides is 1. The molecule has 2 heterocycles. The fourth-order valence-electron chi connectivity index (χ4n) is 4.88. The molecule has 258 valence electrons. The summed E-state index contributed by atoms with van der Waals surface area (Å²) in [5.74, 6) is -1.10. The number of alkyl halides is 3. The molecule has 2 aromatic carbocycles. The predicted octanol–water partition coefficient (Wildman–Crippen LogP) is 5.40. The Morgan fingerprint density at radius 3 is 2.21 bits per heavy atom. The lowest BCUT2D eigenvalue weighted by atomic mass is 10.0. The lowest BCUT2D eigenvalue weighted by molar-refractivity contribution is -0.137. The number of aromatic nitrogens is 1. The minimum Gasteiger partial charge on any atom is -0.455 e. The second-order valence-electron chi connectivity index (χ2n) is 12.6. The highest BCUT2D eigenvalue weighted by Gasteiger charge is 2.42. The van der Waals surface area contributed by atoms with Gasteiger partial charge in [0, 0.05) is 38.1 Å². The summed E-state index contributed by atoms with van der Waals surface area (Å²) >= 11 is 0. The highest BCUT2D eigenvalue weighted by atomic mass is 32.2. The molecule has 0 radical (unpaired) electrons. The van der Waals surface area contributed by atoms with E-state index < -0.39 is 56.2 Å². The Balaban J connectivity index is 1.56. The van der Waals surface area contributed by atoms with Gasteiger partial charge in [-0.15, -0.1) is 0 Å². The molecule has 48 heavy (non-hydrogen) atoms. The third kappa shape index (κ3) is 9.10. The Morgan fingerprint density at radius 1 is 0.979 bits per heavy atom. The number of carbonyl (C=O) groups excluding carboxylic acids is 3. The Bertz CT molecular complexity index is 1740. The Kier molecular flexibility index (Phi) is 10.8. The zero-order valence-corrected chi connectivity index (χ0v) is 28.0. The second-order valence-corrected chi connectivity index (χ2v) is 14.5. The van der Waals surface area contributed by atoms with Gasteiger partial charge in [0.15, 0.2) is 0 Å². The van der Waals surface area contributed by atoms with Gasteiger partial charge in [0.1, 0.15) is 17.3 Å². The van der Waals surface area contributed by atoms with Crippen molar-refractivity contribution in [3.05, 3.63) is 89.2 Å². The minimum absolute atomic E-state index is 0.0474.